The summed E-state index contributed by atoms with van der Waals surface area (Å²) in [6, 6.07) is 10.2. The molecule has 0 aliphatic carbocycles. The molecule has 1 unspecified atom stereocenters. The minimum atomic E-state index is -0.381. The summed E-state index contributed by atoms with van der Waals surface area (Å²) in [5, 5.41) is 0. The predicted octanol–water partition coefficient (Wildman–Crippen LogP) is 5.27. The van der Waals surface area contributed by atoms with Gasteiger partial charge in [0.05, 0.1) is 0 Å². The average Bonchev–Trinajstić information content (AvgIpc) is 2.46. The predicted molar refractivity (Wildman–Crippen MR) is 97.1 cm³/mol. The number of rotatable bonds is 10. The number of hydroxylamine groups is 3. The van der Waals surface area contributed by atoms with E-state index < -0.39 is 0 Å². The molecule has 1 aromatic carbocycles. The van der Waals surface area contributed by atoms with E-state index >= 15 is 0 Å². The summed E-state index contributed by atoms with van der Waals surface area (Å²) in [6.45, 7) is 14.8. The van der Waals surface area contributed by atoms with Gasteiger partial charge in [0.15, 0.2) is 0 Å². The monoisotopic (exact) mass is 322 g/mol. The van der Waals surface area contributed by atoms with Gasteiger partial charge in [-0.3, -0.25) is 0 Å². The lowest BCUT2D eigenvalue weighted by Gasteiger charge is -2.48. The summed E-state index contributed by atoms with van der Waals surface area (Å²) in [5.41, 5.74) is -0.381. The van der Waals surface area contributed by atoms with E-state index in [1.807, 2.05) is 30.3 Å². The van der Waals surface area contributed by atoms with Crippen LogP contribution in [0.15, 0.2) is 30.3 Å². The number of hydrogen-bond acceptors (Lipinski definition) is 2. The zero-order valence-electron chi connectivity index (χ0n) is 16.1. The van der Waals surface area contributed by atoms with Crippen LogP contribution in [-0.2, 0) is 4.84 Å². The van der Waals surface area contributed by atoms with E-state index in [0.717, 1.165) is 25.1 Å². The second kappa shape index (κ2) is 8.70. The van der Waals surface area contributed by atoms with Crippen molar-refractivity contribution < 1.29 is 14.2 Å². The molecule has 0 saturated carbocycles. The van der Waals surface area contributed by atoms with Crippen molar-refractivity contribution in [2.24, 2.45) is 11.8 Å². The third kappa shape index (κ3) is 5.22. The van der Waals surface area contributed by atoms with Gasteiger partial charge in [0.25, 0.3) is 5.72 Å². The number of para-hydroxylation sites is 1. The smallest absolute Gasteiger partial charge is 0.272 e. The van der Waals surface area contributed by atoms with E-state index in [9.17, 15) is 0 Å². The van der Waals surface area contributed by atoms with Crippen LogP contribution in [0.2, 0.25) is 0 Å². The molecule has 0 spiro atoms. The van der Waals surface area contributed by atoms with E-state index in [1.54, 1.807) is 0 Å². The Morgan fingerprint density at radius 2 is 1.48 bits per heavy atom. The Labute approximate surface area is 143 Å². The van der Waals surface area contributed by atoms with Gasteiger partial charge < -0.3 is 4.74 Å². The minimum absolute atomic E-state index is 0.381. The highest BCUT2D eigenvalue weighted by Gasteiger charge is 2.52. The van der Waals surface area contributed by atoms with Crippen LogP contribution in [0, 0.1) is 11.8 Å². The zero-order valence-corrected chi connectivity index (χ0v) is 16.1. The van der Waals surface area contributed by atoms with E-state index in [0.29, 0.717) is 23.1 Å². The normalized spacial score (nSPS) is 15.0. The number of hydrogen-bond donors (Lipinski definition) is 0. The molecule has 23 heavy (non-hydrogen) atoms. The average molecular weight is 323 g/mol. The molecule has 1 atom stereocenters. The first-order valence-corrected chi connectivity index (χ1v) is 9.02. The van der Waals surface area contributed by atoms with E-state index in [1.165, 1.54) is 0 Å². The lowest BCUT2D eigenvalue weighted by molar-refractivity contribution is -1.14. The molecule has 0 heterocycles. The Morgan fingerprint density at radius 3 is 1.87 bits per heavy atom. The number of ether oxygens (including phenoxy) is 1. The van der Waals surface area contributed by atoms with E-state index in [2.05, 4.69) is 48.6 Å². The Bertz CT molecular complexity index is 434. The maximum absolute atomic E-state index is 6.68. The minimum Gasteiger partial charge on any atom is -0.437 e. The first-order chi connectivity index (χ1) is 10.8. The Hall–Kier alpha value is -1.06. The fourth-order valence-electron chi connectivity index (χ4n) is 3.42. The van der Waals surface area contributed by atoms with Crippen LogP contribution < -0.4 is 4.74 Å². The van der Waals surface area contributed by atoms with Gasteiger partial charge in [-0.25, -0.2) is 4.84 Å². The molecule has 0 amide bonds. The highest BCUT2D eigenvalue weighted by Crippen LogP contribution is 2.38. The molecule has 0 fully saturated rings. The molecule has 0 N–H and O–H groups in total. The van der Waals surface area contributed by atoms with Gasteiger partial charge in [0, 0.05) is 12.8 Å². The van der Waals surface area contributed by atoms with Crippen LogP contribution in [0.1, 0.15) is 54.4 Å². The third-order valence-electron chi connectivity index (χ3n) is 4.38. The van der Waals surface area contributed by atoms with Gasteiger partial charge in [0.2, 0.25) is 0 Å². The van der Waals surface area contributed by atoms with Gasteiger partial charge in [-0.15, -0.1) is 4.65 Å². The van der Waals surface area contributed by atoms with Crippen LogP contribution in [0.4, 0.5) is 0 Å². The maximum atomic E-state index is 6.68. The summed E-state index contributed by atoms with van der Waals surface area (Å²) in [4.78, 5) is 6.23. The van der Waals surface area contributed by atoms with Crippen molar-refractivity contribution in [2.45, 2.75) is 60.1 Å². The second-order valence-electron chi connectivity index (χ2n) is 7.39. The molecular formula is C20H36NO2+. The molecule has 3 heteroatoms. The van der Waals surface area contributed by atoms with Gasteiger partial charge in [-0.1, -0.05) is 45.9 Å². The van der Waals surface area contributed by atoms with Crippen LogP contribution in [-0.4, -0.2) is 30.6 Å². The molecular weight excluding hydrogens is 286 g/mol. The lowest BCUT2D eigenvalue weighted by Crippen LogP contribution is -2.66. The summed E-state index contributed by atoms with van der Waals surface area (Å²) in [5.74, 6) is 1.98. The maximum Gasteiger partial charge on any atom is 0.272 e. The van der Waals surface area contributed by atoms with Crippen molar-refractivity contribution in [3.8, 4) is 5.75 Å². The van der Waals surface area contributed by atoms with Gasteiger partial charge in [-0.05, 0) is 37.8 Å². The van der Waals surface area contributed by atoms with Crippen molar-refractivity contribution >= 4 is 0 Å². The number of quaternary nitrogens is 1. The number of nitrogens with zero attached hydrogens (tertiary/aromatic N) is 1. The molecule has 0 bridgehead atoms. The lowest BCUT2D eigenvalue weighted by atomic mass is 9.89. The molecule has 0 saturated heterocycles. The van der Waals surface area contributed by atoms with Crippen LogP contribution in [0.25, 0.3) is 0 Å². The van der Waals surface area contributed by atoms with Crippen molar-refractivity contribution in [3.05, 3.63) is 30.3 Å². The molecule has 3 nitrogen and oxygen atoms in total. The van der Waals surface area contributed by atoms with Crippen molar-refractivity contribution in [1.29, 1.82) is 0 Å². The largest absolute Gasteiger partial charge is 0.437 e. The Balaban J connectivity index is 3.33. The van der Waals surface area contributed by atoms with Crippen LogP contribution >= 0.6 is 0 Å². The zero-order chi connectivity index (χ0) is 17.5. The second-order valence-corrected chi connectivity index (χ2v) is 7.39. The first-order valence-electron chi connectivity index (χ1n) is 9.02. The molecule has 1 rings (SSSR count). The molecule has 1 aromatic rings. The van der Waals surface area contributed by atoms with Crippen molar-refractivity contribution in [3.63, 3.8) is 0 Å². The first kappa shape index (κ1) is 20.0. The summed E-state index contributed by atoms with van der Waals surface area (Å²) < 4.78 is 7.16. The molecule has 132 valence electrons. The summed E-state index contributed by atoms with van der Waals surface area (Å²) in [7, 11) is 2.16. The summed E-state index contributed by atoms with van der Waals surface area (Å²) >= 11 is 0. The van der Waals surface area contributed by atoms with Crippen LogP contribution in [0.5, 0.6) is 5.75 Å². The topological polar surface area (TPSA) is 18.5 Å². The van der Waals surface area contributed by atoms with Gasteiger partial charge in [0.1, 0.15) is 25.9 Å². The molecule has 0 aliphatic rings. The number of benzene rings is 1. The highest BCUT2D eigenvalue weighted by molar-refractivity contribution is 5.21. The fraction of sp³-hybridized carbons (Fsp3) is 0.700. The fourth-order valence-corrected chi connectivity index (χ4v) is 3.42. The van der Waals surface area contributed by atoms with E-state index in [4.69, 9.17) is 9.57 Å². The Kier molecular flexibility index (Phi) is 7.56. The Morgan fingerprint density at radius 1 is 0.957 bits per heavy atom. The SMILES string of the molecule is CCO[N+](C)(CC)C(CC(C)C)(CC(C)C)Oc1ccccc1. The summed E-state index contributed by atoms with van der Waals surface area (Å²) in [6.07, 6.45) is 1.93. The molecule has 0 aromatic heterocycles. The highest BCUT2D eigenvalue weighted by atomic mass is 16.8. The van der Waals surface area contributed by atoms with Gasteiger partial charge in [-0.2, -0.15) is 0 Å². The van der Waals surface area contributed by atoms with E-state index in [-0.39, 0.29) is 5.72 Å². The third-order valence-corrected chi connectivity index (χ3v) is 4.38. The van der Waals surface area contributed by atoms with Crippen molar-refractivity contribution in [2.75, 3.05) is 20.2 Å². The standard InChI is InChI=1S/C20H36NO2/c1-8-21(7,22-9-2)20(15-17(3)4,16-18(5)6)23-19-13-11-10-12-14-19/h10-14,17-18H,8-9,15-16H2,1-7H3/q+1. The molecule has 0 radical (unpaired) electrons. The van der Waals surface area contributed by atoms with Gasteiger partial charge >= 0.3 is 0 Å². The van der Waals surface area contributed by atoms with Crippen molar-refractivity contribution in [1.82, 2.24) is 0 Å². The molecule has 0 aliphatic heterocycles. The van der Waals surface area contributed by atoms with Crippen LogP contribution in [0.3, 0.4) is 0 Å². The quantitative estimate of drug-likeness (QED) is 0.332.